The van der Waals surface area contributed by atoms with Crippen molar-refractivity contribution in [1.82, 2.24) is 15.3 Å². The van der Waals surface area contributed by atoms with E-state index in [-0.39, 0.29) is 64.1 Å². The first kappa shape index (κ1) is 31.9. The molecule has 1 aromatic carbocycles. The lowest BCUT2D eigenvalue weighted by Gasteiger charge is -2.28. The van der Waals surface area contributed by atoms with Crippen molar-refractivity contribution < 1.29 is 14.4 Å². The molecular formula is C30H33N5O3S3. The number of benzene rings is 1. The van der Waals surface area contributed by atoms with Crippen molar-refractivity contribution in [2.45, 2.75) is 39.2 Å². The lowest BCUT2D eigenvalue weighted by molar-refractivity contribution is -0.115. The molecule has 1 fully saturated rings. The number of amides is 3. The zero-order valence-electron chi connectivity index (χ0n) is 21.5. The van der Waals surface area contributed by atoms with E-state index in [2.05, 4.69) is 27.2 Å². The summed E-state index contributed by atoms with van der Waals surface area (Å²) < 4.78 is 0. The Morgan fingerprint density at radius 3 is 2.61 bits per heavy atom. The number of carbonyl (C=O) groups is 3. The van der Waals surface area contributed by atoms with E-state index in [0.717, 1.165) is 35.9 Å². The van der Waals surface area contributed by atoms with E-state index < -0.39 is 0 Å². The Morgan fingerprint density at radius 2 is 1.85 bits per heavy atom. The van der Waals surface area contributed by atoms with Gasteiger partial charge in [-0.05, 0) is 49.5 Å². The van der Waals surface area contributed by atoms with E-state index in [1.807, 2.05) is 36.4 Å². The molecule has 0 bridgehead atoms. The zero-order valence-corrected chi connectivity index (χ0v) is 24.3. The van der Waals surface area contributed by atoms with Crippen molar-refractivity contribution in [3.63, 3.8) is 0 Å². The number of nitrogens with zero attached hydrogens (tertiary/aromatic N) is 3. The normalized spacial score (nSPS) is 17.0. The van der Waals surface area contributed by atoms with Crippen LogP contribution in [0.3, 0.4) is 0 Å². The number of pyridine rings is 2. The van der Waals surface area contributed by atoms with Crippen molar-refractivity contribution >= 4 is 83.3 Å². The van der Waals surface area contributed by atoms with Gasteiger partial charge >= 0.3 is 6.03 Å². The minimum atomic E-state index is -0.355. The van der Waals surface area contributed by atoms with Crippen LogP contribution >= 0.6 is 38.3 Å². The molecule has 1 aliphatic carbocycles. The van der Waals surface area contributed by atoms with Gasteiger partial charge in [-0.3, -0.25) is 19.5 Å². The third kappa shape index (κ3) is 6.17. The van der Waals surface area contributed by atoms with Crippen LogP contribution in [0.15, 0.2) is 73.6 Å². The average molecular weight is 608 g/mol. The second-order valence-corrected chi connectivity index (χ2v) is 10.6. The highest BCUT2D eigenvalue weighted by Crippen LogP contribution is 2.46. The Hall–Kier alpha value is -3.67. The SMILES string of the molecule is C.C=CC(=O)C[C@H]1CC[C@H](NC(=O)c2sc3nccc4c3c2NC(=O)N4c2ccnc(-c3ccccc3)c2)C1.S.S. The molecular weight excluding hydrogens is 575 g/mol. The van der Waals surface area contributed by atoms with E-state index in [4.69, 9.17) is 0 Å². The second kappa shape index (κ2) is 13.3. The Bertz CT molecular complexity index is 1590. The largest absolute Gasteiger partial charge is 0.349 e. The molecule has 2 atom stereocenters. The summed E-state index contributed by atoms with van der Waals surface area (Å²) in [6.45, 7) is 3.55. The van der Waals surface area contributed by atoms with Crippen LogP contribution in [0, 0.1) is 5.92 Å². The number of rotatable bonds is 7. The first-order valence-corrected chi connectivity index (χ1v) is 13.3. The summed E-state index contributed by atoms with van der Waals surface area (Å²) in [6.07, 6.45) is 7.62. The molecule has 0 saturated heterocycles. The molecule has 41 heavy (non-hydrogen) atoms. The molecule has 11 heteroatoms. The van der Waals surface area contributed by atoms with Gasteiger partial charge in [-0.15, -0.1) is 11.3 Å². The van der Waals surface area contributed by atoms with Crippen LogP contribution in [0.2, 0.25) is 0 Å². The van der Waals surface area contributed by atoms with Gasteiger partial charge in [0.05, 0.1) is 28.1 Å². The number of carbonyl (C=O) groups excluding carboxylic acids is 3. The number of hydrogen-bond donors (Lipinski definition) is 2. The fourth-order valence-corrected chi connectivity index (χ4v) is 6.36. The maximum Gasteiger partial charge on any atom is 0.331 e. The lowest BCUT2D eigenvalue weighted by atomic mass is 10.0. The maximum atomic E-state index is 13.4. The number of urea groups is 1. The van der Waals surface area contributed by atoms with Gasteiger partial charge in [-0.1, -0.05) is 44.3 Å². The summed E-state index contributed by atoms with van der Waals surface area (Å²) >= 11 is 1.26. The van der Waals surface area contributed by atoms with Crippen LogP contribution in [-0.4, -0.2) is 33.7 Å². The summed E-state index contributed by atoms with van der Waals surface area (Å²) in [5.74, 6) is 0.0415. The Kier molecular flexibility index (Phi) is 10.4. The fourth-order valence-electron chi connectivity index (χ4n) is 5.34. The summed E-state index contributed by atoms with van der Waals surface area (Å²) in [6, 6.07) is 14.9. The highest BCUT2D eigenvalue weighted by molar-refractivity contribution is 7.59. The Balaban J connectivity index is 0.00000154. The molecule has 2 N–H and O–H groups in total. The van der Waals surface area contributed by atoms with E-state index in [1.54, 1.807) is 29.4 Å². The van der Waals surface area contributed by atoms with Gasteiger partial charge < -0.3 is 10.6 Å². The zero-order chi connectivity index (χ0) is 26.2. The van der Waals surface area contributed by atoms with Gasteiger partial charge in [-0.25, -0.2) is 9.78 Å². The molecule has 2 aliphatic rings. The van der Waals surface area contributed by atoms with Crippen LogP contribution < -0.4 is 15.5 Å². The Morgan fingerprint density at radius 1 is 1.10 bits per heavy atom. The molecule has 4 aromatic rings. The number of thiophene rings is 1. The first-order valence-electron chi connectivity index (χ1n) is 12.5. The molecule has 0 unspecified atom stereocenters. The van der Waals surface area contributed by atoms with Crippen molar-refractivity contribution in [3.05, 3.63) is 78.5 Å². The second-order valence-electron chi connectivity index (χ2n) is 9.57. The number of hydrogen-bond acceptors (Lipinski definition) is 6. The van der Waals surface area contributed by atoms with Gasteiger partial charge in [-0.2, -0.15) is 27.0 Å². The number of nitrogens with one attached hydrogen (secondary N) is 2. The number of aromatic nitrogens is 2. The minimum absolute atomic E-state index is 0. The molecule has 0 radical (unpaired) electrons. The lowest BCUT2D eigenvalue weighted by Crippen LogP contribution is -2.36. The predicted molar refractivity (Wildman–Crippen MR) is 176 cm³/mol. The van der Waals surface area contributed by atoms with E-state index in [1.165, 1.54) is 17.4 Å². The van der Waals surface area contributed by atoms with Crippen molar-refractivity contribution in [1.29, 1.82) is 0 Å². The van der Waals surface area contributed by atoms with Crippen molar-refractivity contribution in [2.24, 2.45) is 5.92 Å². The molecule has 4 heterocycles. The molecule has 0 spiro atoms. The first-order chi connectivity index (χ1) is 18.5. The molecule has 3 amide bonds. The van der Waals surface area contributed by atoms with Crippen LogP contribution in [0.4, 0.5) is 21.9 Å². The Labute approximate surface area is 257 Å². The van der Waals surface area contributed by atoms with Gasteiger partial charge in [0.25, 0.3) is 5.91 Å². The standard InChI is InChI=1S/C29H25N5O3S.CH4.2H2S/c1-2-21(35)15-17-8-9-19(14-17)32-27(36)26-25-24-23(11-13-31-28(24)38-26)34(29(37)33-25)20-10-12-30-22(16-20)18-6-4-3-5-7-18;;;/h2-7,10-13,16-17,19H,1,8-9,14-15H2,(H,32,36)(H,33,37);1H4;2*1H2/t17-,19-;;;/m0.../s1. The van der Waals surface area contributed by atoms with Crippen molar-refractivity contribution in [2.75, 3.05) is 10.2 Å². The quantitative estimate of drug-likeness (QED) is 0.221. The monoisotopic (exact) mass is 607 g/mol. The summed E-state index contributed by atoms with van der Waals surface area (Å²) in [5, 5.41) is 6.80. The number of anilines is 3. The fraction of sp³-hybridized carbons (Fsp3) is 0.233. The van der Waals surface area contributed by atoms with Gasteiger partial charge in [0.2, 0.25) is 0 Å². The molecule has 214 valence electrons. The third-order valence-corrected chi connectivity index (χ3v) is 8.21. The number of ketones is 1. The summed E-state index contributed by atoms with van der Waals surface area (Å²) in [4.78, 5) is 50.2. The van der Waals surface area contributed by atoms with Crippen LogP contribution in [0.25, 0.3) is 21.5 Å². The van der Waals surface area contributed by atoms with Gasteiger partial charge in [0, 0.05) is 30.4 Å². The molecule has 1 aliphatic heterocycles. The molecule has 1 saturated carbocycles. The topological polar surface area (TPSA) is 104 Å². The number of allylic oxidation sites excluding steroid dienone is 1. The van der Waals surface area contributed by atoms with Gasteiger partial charge in [0.15, 0.2) is 5.78 Å². The smallest absolute Gasteiger partial charge is 0.331 e. The van der Waals surface area contributed by atoms with Crippen LogP contribution in [-0.2, 0) is 4.79 Å². The van der Waals surface area contributed by atoms with Crippen LogP contribution in [0.5, 0.6) is 0 Å². The van der Waals surface area contributed by atoms with E-state index in [9.17, 15) is 14.4 Å². The minimum Gasteiger partial charge on any atom is -0.349 e. The van der Waals surface area contributed by atoms with E-state index >= 15 is 0 Å². The summed E-state index contributed by atoms with van der Waals surface area (Å²) in [5.41, 5.74) is 3.52. The van der Waals surface area contributed by atoms with Crippen LogP contribution in [0.1, 0.15) is 42.8 Å². The van der Waals surface area contributed by atoms with E-state index in [0.29, 0.717) is 33.2 Å². The molecule has 3 aromatic heterocycles. The molecule has 8 nitrogen and oxygen atoms in total. The maximum absolute atomic E-state index is 13.4. The van der Waals surface area contributed by atoms with Crippen molar-refractivity contribution in [3.8, 4) is 11.3 Å². The molecule has 6 rings (SSSR count). The predicted octanol–water partition coefficient (Wildman–Crippen LogP) is 6.95. The summed E-state index contributed by atoms with van der Waals surface area (Å²) in [7, 11) is 0. The highest BCUT2D eigenvalue weighted by Gasteiger charge is 2.34. The van der Waals surface area contributed by atoms with Gasteiger partial charge in [0.1, 0.15) is 9.71 Å². The average Bonchev–Trinajstić information content (AvgIpc) is 3.54. The highest BCUT2D eigenvalue weighted by atomic mass is 32.1. The third-order valence-electron chi connectivity index (χ3n) is 7.12.